The number of para-hydroxylation sites is 1. The van der Waals surface area contributed by atoms with Crippen LogP contribution in [0.5, 0.6) is 0 Å². The van der Waals surface area contributed by atoms with Crippen molar-refractivity contribution in [3.8, 4) is 0 Å². The molecule has 2 rings (SSSR count). The van der Waals surface area contributed by atoms with Gasteiger partial charge in [0.15, 0.2) is 0 Å². The highest BCUT2D eigenvalue weighted by molar-refractivity contribution is 5.53. The number of hydrogen-bond acceptors (Lipinski definition) is 2. The van der Waals surface area contributed by atoms with Crippen molar-refractivity contribution in [3.63, 3.8) is 0 Å². The molecular weight excluding hydrogens is 205 g/mol. The van der Waals surface area contributed by atoms with E-state index in [-0.39, 0.29) is 23.4 Å². The van der Waals surface area contributed by atoms with Crippen molar-refractivity contribution in [1.82, 2.24) is 0 Å². The molecule has 2 unspecified atom stereocenters. The summed E-state index contributed by atoms with van der Waals surface area (Å²) in [5, 5.41) is 12.8. The van der Waals surface area contributed by atoms with Crippen LogP contribution in [0, 0.1) is 18.2 Å². The van der Waals surface area contributed by atoms with Crippen LogP contribution in [0.15, 0.2) is 18.2 Å². The molecule has 0 radical (unpaired) electrons. The lowest BCUT2D eigenvalue weighted by molar-refractivity contribution is -0.0511. The number of benzene rings is 1. The molecule has 1 aliphatic carbocycles. The van der Waals surface area contributed by atoms with Gasteiger partial charge in [-0.15, -0.1) is 0 Å². The SMILES string of the molecule is Cc1cccc(F)c1NC1CC(O)C1(C)C. The van der Waals surface area contributed by atoms with Crippen LogP contribution in [-0.2, 0) is 0 Å². The molecule has 0 saturated heterocycles. The topological polar surface area (TPSA) is 32.3 Å². The lowest BCUT2D eigenvalue weighted by Gasteiger charge is -2.50. The Labute approximate surface area is 95.5 Å². The number of halogens is 1. The van der Waals surface area contributed by atoms with Crippen molar-refractivity contribution in [2.45, 2.75) is 39.3 Å². The zero-order valence-electron chi connectivity index (χ0n) is 9.92. The number of aliphatic hydroxyl groups is 1. The number of anilines is 1. The van der Waals surface area contributed by atoms with Gasteiger partial charge in [0.2, 0.25) is 0 Å². The van der Waals surface area contributed by atoms with E-state index in [1.165, 1.54) is 6.07 Å². The largest absolute Gasteiger partial charge is 0.392 e. The first-order chi connectivity index (χ1) is 7.43. The maximum atomic E-state index is 13.6. The van der Waals surface area contributed by atoms with Crippen molar-refractivity contribution in [2.24, 2.45) is 5.41 Å². The summed E-state index contributed by atoms with van der Waals surface area (Å²) in [6.45, 7) is 5.87. The van der Waals surface area contributed by atoms with Crippen LogP contribution < -0.4 is 5.32 Å². The fourth-order valence-electron chi connectivity index (χ4n) is 2.14. The molecular formula is C13H18FNO. The third kappa shape index (κ3) is 1.69. The maximum absolute atomic E-state index is 13.6. The van der Waals surface area contributed by atoms with Crippen LogP contribution in [0.3, 0.4) is 0 Å². The minimum absolute atomic E-state index is 0.137. The summed E-state index contributed by atoms with van der Waals surface area (Å²) < 4.78 is 13.6. The predicted molar refractivity (Wildman–Crippen MR) is 63.0 cm³/mol. The van der Waals surface area contributed by atoms with E-state index in [1.807, 2.05) is 26.8 Å². The Hall–Kier alpha value is -1.09. The quantitative estimate of drug-likeness (QED) is 0.808. The second kappa shape index (κ2) is 3.74. The summed E-state index contributed by atoms with van der Waals surface area (Å²) in [6, 6.07) is 5.18. The fourth-order valence-corrected chi connectivity index (χ4v) is 2.14. The highest BCUT2D eigenvalue weighted by atomic mass is 19.1. The molecule has 1 aliphatic rings. The molecule has 1 saturated carbocycles. The van der Waals surface area contributed by atoms with Gasteiger partial charge < -0.3 is 10.4 Å². The monoisotopic (exact) mass is 223 g/mol. The minimum atomic E-state index is -0.294. The first-order valence-electron chi connectivity index (χ1n) is 5.62. The molecule has 2 atom stereocenters. The molecule has 0 bridgehead atoms. The molecule has 0 aliphatic heterocycles. The second-order valence-electron chi connectivity index (χ2n) is 5.20. The molecule has 1 aromatic rings. The maximum Gasteiger partial charge on any atom is 0.146 e. The van der Waals surface area contributed by atoms with Crippen LogP contribution in [-0.4, -0.2) is 17.3 Å². The molecule has 1 aromatic carbocycles. The summed E-state index contributed by atoms with van der Waals surface area (Å²) in [5.74, 6) is -0.225. The zero-order valence-corrected chi connectivity index (χ0v) is 9.92. The molecule has 2 N–H and O–H groups in total. The van der Waals surface area contributed by atoms with Crippen LogP contribution in [0.25, 0.3) is 0 Å². The van der Waals surface area contributed by atoms with E-state index < -0.39 is 0 Å². The van der Waals surface area contributed by atoms with Crippen molar-refractivity contribution >= 4 is 5.69 Å². The van der Waals surface area contributed by atoms with Crippen LogP contribution in [0.1, 0.15) is 25.8 Å². The van der Waals surface area contributed by atoms with Gasteiger partial charge in [-0.05, 0) is 25.0 Å². The molecule has 0 heterocycles. The highest BCUT2D eigenvalue weighted by Gasteiger charge is 2.47. The smallest absolute Gasteiger partial charge is 0.146 e. The second-order valence-corrected chi connectivity index (χ2v) is 5.20. The summed E-state index contributed by atoms with van der Waals surface area (Å²) in [4.78, 5) is 0. The van der Waals surface area contributed by atoms with Gasteiger partial charge in [0.25, 0.3) is 0 Å². The number of hydrogen-bond donors (Lipinski definition) is 2. The molecule has 2 nitrogen and oxygen atoms in total. The van der Waals surface area contributed by atoms with Crippen molar-refractivity contribution < 1.29 is 9.50 Å². The third-order valence-electron chi connectivity index (χ3n) is 3.76. The fraction of sp³-hybridized carbons (Fsp3) is 0.538. The molecule has 3 heteroatoms. The lowest BCUT2D eigenvalue weighted by atomic mass is 9.64. The highest BCUT2D eigenvalue weighted by Crippen LogP contribution is 2.42. The van der Waals surface area contributed by atoms with E-state index in [4.69, 9.17) is 0 Å². The Balaban J connectivity index is 2.17. The Kier molecular flexibility index (Phi) is 2.66. The molecule has 88 valence electrons. The van der Waals surface area contributed by atoms with Gasteiger partial charge in [-0.25, -0.2) is 4.39 Å². The van der Waals surface area contributed by atoms with Crippen molar-refractivity contribution in [2.75, 3.05) is 5.32 Å². The summed E-state index contributed by atoms with van der Waals surface area (Å²) in [6.07, 6.45) is 0.387. The normalized spacial score (nSPS) is 27.3. The van der Waals surface area contributed by atoms with Gasteiger partial charge in [-0.3, -0.25) is 0 Å². The first-order valence-corrected chi connectivity index (χ1v) is 5.62. The average Bonchev–Trinajstić information content (AvgIpc) is 2.22. The van der Waals surface area contributed by atoms with E-state index in [1.54, 1.807) is 6.07 Å². The predicted octanol–water partition coefficient (Wildman–Crippen LogP) is 2.71. The van der Waals surface area contributed by atoms with Gasteiger partial charge in [0.1, 0.15) is 5.82 Å². The molecule has 0 aromatic heterocycles. The average molecular weight is 223 g/mol. The van der Waals surface area contributed by atoms with E-state index in [0.29, 0.717) is 12.1 Å². The first kappa shape index (κ1) is 11.4. The van der Waals surface area contributed by atoms with Gasteiger partial charge in [0, 0.05) is 11.5 Å². The lowest BCUT2D eigenvalue weighted by Crippen LogP contribution is -2.57. The number of rotatable bonds is 2. The van der Waals surface area contributed by atoms with E-state index >= 15 is 0 Å². The molecule has 16 heavy (non-hydrogen) atoms. The Bertz CT molecular complexity index is 383. The Morgan fingerprint density at radius 1 is 1.44 bits per heavy atom. The van der Waals surface area contributed by atoms with Crippen LogP contribution in [0.4, 0.5) is 10.1 Å². The van der Waals surface area contributed by atoms with Gasteiger partial charge in [-0.1, -0.05) is 26.0 Å². The zero-order chi connectivity index (χ0) is 11.9. The van der Waals surface area contributed by atoms with Gasteiger partial charge in [0.05, 0.1) is 11.8 Å². The van der Waals surface area contributed by atoms with E-state index in [9.17, 15) is 9.50 Å². The summed E-state index contributed by atoms with van der Waals surface area (Å²) >= 11 is 0. The van der Waals surface area contributed by atoms with Gasteiger partial charge in [-0.2, -0.15) is 0 Å². The van der Waals surface area contributed by atoms with E-state index in [0.717, 1.165) is 5.56 Å². The number of nitrogens with one attached hydrogen (secondary N) is 1. The van der Waals surface area contributed by atoms with Crippen LogP contribution in [0.2, 0.25) is 0 Å². The third-order valence-corrected chi connectivity index (χ3v) is 3.76. The van der Waals surface area contributed by atoms with Gasteiger partial charge >= 0.3 is 0 Å². The summed E-state index contributed by atoms with van der Waals surface area (Å²) in [7, 11) is 0. The van der Waals surface area contributed by atoms with Crippen molar-refractivity contribution in [1.29, 1.82) is 0 Å². The number of aliphatic hydroxyl groups excluding tert-OH is 1. The molecule has 0 amide bonds. The molecule has 1 fully saturated rings. The Morgan fingerprint density at radius 2 is 2.12 bits per heavy atom. The number of aryl methyl sites for hydroxylation is 1. The van der Waals surface area contributed by atoms with Crippen LogP contribution >= 0.6 is 0 Å². The minimum Gasteiger partial charge on any atom is -0.392 e. The van der Waals surface area contributed by atoms with E-state index in [2.05, 4.69) is 5.32 Å². The standard InChI is InChI=1S/C13H18FNO/c1-8-5-4-6-9(14)12(8)15-10-7-11(16)13(10,2)3/h4-6,10-11,15-16H,7H2,1-3H3. The Morgan fingerprint density at radius 3 is 2.62 bits per heavy atom. The summed E-state index contributed by atoms with van der Waals surface area (Å²) in [5.41, 5.74) is 1.28. The van der Waals surface area contributed by atoms with Crippen molar-refractivity contribution in [3.05, 3.63) is 29.6 Å². The molecule has 0 spiro atoms.